The summed E-state index contributed by atoms with van der Waals surface area (Å²) in [7, 11) is 0. The molecule has 134 valence electrons. The number of aromatic nitrogens is 2. The van der Waals surface area contributed by atoms with E-state index in [4.69, 9.17) is 0 Å². The number of fused-ring (bicyclic) bond motifs is 1. The molecule has 1 N–H and O–H groups in total. The molecule has 2 aromatic rings. The number of amides is 1. The third-order valence-corrected chi connectivity index (χ3v) is 5.01. The van der Waals surface area contributed by atoms with Gasteiger partial charge in [0, 0.05) is 11.0 Å². The number of benzene rings is 1. The zero-order valence-electron chi connectivity index (χ0n) is 16.2. The van der Waals surface area contributed by atoms with Crippen LogP contribution in [0.5, 0.6) is 0 Å². The van der Waals surface area contributed by atoms with Gasteiger partial charge in [-0.3, -0.25) is 4.79 Å². The van der Waals surface area contributed by atoms with Gasteiger partial charge in [-0.25, -0.2) is 4.68 Å². The summed E-state index contributed by atoms with van der Waals surface area (Å²) >= 11 is 0. The summed E-state index contributed by atoms with van der Waals surface area (Å²) < 4.78 is 2.06. The molecule has 1 aromatic carbocycles. The lowest BCUT2D eigenvalue weighted by Crippen LogP contribution is -2.41. The molecule has 1 atom stereocenters. The molecule has 25 heavy (non-hydrogen) atoms. The minimum atomic E-state index is -0.395. The van der Waals surface area contributed by atoms with Gasteiger partial charge in [-0.15, -0.1) is 0 Å². The van der Waals surface area contributed by atoms with Crippen LogP contribution in [0.3, 0.4) is 0 Å². The summed E-state index contributed by atoms with van der Waals surface area (Å²) in [5.74, 6) is 0.0878. The average molecular weight is 339 g/mol. The Balaban J connectivity index is 2.03. The molecular weight excluding hydrogens is 310 g/mol. The molecule has 0 bridgehead atoms. The van der Waals surface area contributed by atoms with E-state index in [0.29, 0.717) is 0 Å². The highest BCUT2D eigenvalue weighted by atomic mass is 16.2. The van der Waals surface area contributed by atoms with Crippen LogP contribution in [0.15, 0.2) is 30.5 Å². The summed E-state index contributed by atoms with van der Waals surface area (Å²) in [4.78, 5) is 12.5. The van der Waals surface area contributed by atoms with Crippen LogP contribution in [0.25, 0.3) is 5.69 Å². The summed E-state index contributed by atoms with van der Waals surface area (Å²) in [6.07, 6.45) is 3.82. The highest BCUT2D eigenvalue weighted by molar-refractivity contribution is 5.81. The third-order valence-electron chi connectivity index (χ3n) is 5.01. The largest absolute Gasteiger partial charge is 0.349 e. The van der Waals surface area contributed by atoms with Gasteiger partial charge in [-0.05, 0) is 36.8 Å². The van der Waals surface area contributed by atoms with E-state index in [-0.39, 0.29) is 17.4 Å². The van der Waals surface area contributed by atoms with Crippen LogP contribution in [-0.4, -0.2) is 15.7 Å². The van der Waals surface area contributed by atoms with E-state index >= 15 is 0 Å². The van der Waals surface area contributed by atoms with Crippen LogP contribution in [0.4, 0.5) is 0 Å². The maximum Gasteiger partial charge on any atom is 0.225 e. The highest BCUT2D eigenvalue weighted by Gasteiger charge is 2.37. The molecule has 0 fully saturated rings. The molecule has 1 amide bonds. The molecule has 1 aromatic heterocycles. The smallest absolute Gasteiger partial charge is 0.225 e. The molecule has 1 aliphatic carbocycles. The molecule has 4 heteroatoms. The van der Waals surface area contributed by atoms with Crippen molar-refractivity contribution in [3.8, 4) is 5.69 Å². The summed E-state index contributed by atoms with van der Waals surface area (Å²) in [6, 6.07) is 8.32. The van der Waals surface area contributed by atoms with E-state index in [0.717, 1.165) is 24.1 Å². The first-order valence-electron chi connectivity index (χ1n) is 9.02. The molecule has 4 nitrogen and oxygen atoms in total. The van der Waals surface area contributed by atoms with Crippen LogP contribution in [-0.2, 0) is 11.2 Å². The zero-order valence-corrected chi connectivity index (χ0v) is 16.2. The van der Waals surface area contributed by atoms with Crippen LogP contribution >= 0.6 is 0 Å². The molecule has 0 radical (unpaired) electrons. The Morgan fingerprint density at radius 3 is 2.60 bits per heavy atom. The Morgan fingerprint density at radius 1 is 1.28 bits per heavy atom. The third kappa shape index (κ3) is 3.48. The second-order valence-corrected chi connectivity index (χ2v) is 9.07. The van der Waals surface area contributed by atoms with Crippen molar-refractivity contribution in [1.29, 1.82) is 0 Å². The second-order valence-electron chi connectivity index (χ2n) is 9.07. The van der Waals surface area contributed by atoms with Crippen molar-refractivity contribution in [2.24, 2.45) is 10.8 Å². The number of nitrogens with zero attached hydrogens (tertiary/aromatic N) is 2. The normalized spacial score (nSPS) is 19.4. The summed E-state index contributed by atoms with van der Waals surface area (Å²) in [5, 5.41) is 7.94. The fourth-order valence-electron chi connectivity index (χ4n) is 3.55. The second kappa shape index (κ2) is 6.01. The van der Waals surface area contributed by atoms with Gasteiger partial charge in [0.1, 0.15) is 0 Å². The monoisotopic (exact) mass is 339 g/mol. The van der Waals surface area contributed by atoms with Crippen molar-refractivity contribution >= 4 is 5.91 Å². The van der Waals surface area contributed by atoms with Crippen molar-refractivity contribution in [3.05, 3.63) is 47.3 Å². The van der Waals surface area contributed by atoms with Crippen LogP contribution < -0.4 is 5.32 Å². The molecule has 0 saturated heterocycles. The maximum absolute atomic E-state index is 12.5. The number of hydrogen-bond donors (Lipinski definition) is 1. The molecular formula is C21H29N3O. The van der Waals surface area contributed by atoms with E-state index < -0.39 is 5.41 Å². The molecule has 1 aliphatic rings. The standard InChI is InChI=1S/C21H29N3O/c1-14-9-7-8-10-17(14)24-18-12-21(5,6)11-16(15(18)13-22-24)23-19(25)20(2,3)4/h7-10,13,16H,11-12H2,1-6H3,(H,23,25)/t16-/m0/s1. The predicted molar refractivity (Wildman–Crippen MR) is 101 cm³/mol. The van der Waals surface area contributed by atoms with Crippen molar-refractivity contribution in [2.45, 2.75) is 60.4 Å². The number of hydrogen-bond acceptors (Lipinski definition) is 2. The minimum absolute atomic E-state index is 0.0169. The molecule has 1 heterocycles. The van der Waals surface area contributed by atoms with E-state index in [9.17, 15) is 4.79 Å². The van der Waals surface area contributed by atoms with E-state index in [1.54, 1.807) is 0 Å². The van der Waals surface area contributed by atoms with Gasteiger partial charge in [-0.2, -0.15) is 5.10 Å². The lowest BCUT2D eigenvalue weighted by atomic mass is 9.74. The number of carbonyl (C=O) groups is 1. The Hall–Kier alpha value is -2.10. The lowest BCUT2D eigenvalue weighted by Gasteiger charge is -2.37. The first-order valence-corrected chi connectivity index (χ1v) is 9.02. The fraction of sp³-hybridized carbons (Fsp3) is 0.524. The van der Waals surface area contributed by atoms with Crippen molar-refractivity contribution in [2.75, 3.05) is 0 Å². The lowest BCUT2D eigenvalue weighted by molar-refractivity contribution is -0.129. The predicted octanol–water partition coefficient (Wildman–Crippen LogP) is 4.36. The fourth-order valence-corrected chi connectivity index (χ4v) is 3.55. The van der Waals surface area contributed by atoms with Gasteiger partial charge >= 0.3 is 0 Å². The zero-order chi connectivity index (χ0) is 18.4. The quantitative estimate of drug-likeness (QED) is 0.884. The molecule has 0 saturated carbocycles. The van der Waals surface area contributed by atoms with E-state index in [2.05, 4.69) is 48.0 Å². The van der Waals surface area contributed by atoms with Crippen molar-refractivity contribution < 1.29 is 4.79 Å². The minimum Gasteiger partial charge on any atom is -0.349 e. The number of carbonyl (C=O) groups excluding carboxylic acids is 1. The van der Waals surface area contributed by atoms with Gasteiger partial charge in [-0.1, -0.05) is 52.8 Å². The molecule has 3 rings (SSSR count). The van der Waals surface area contributed by atoms with E-state index in [1.807, 2.05) is 39.1 Å². The Labute approximate surface area is 150 Å². The maximum atomic E-state index is 12.5. The van der Waals surface area contributed by atoms with Gasteiger partial charge in [0.2, 0.25) is 5.91 Å². The van der Waals surface area contributed by atoms with Gasteiger partial charge in [0.05, 0.1) is 23.6 Å². The van der Waals surface area contributed by atoms with Crippen LogP contribution in [0, 0.1) is 17.8 Å². The van der Waals surface area contributed by atoms with Crippen molar-refractivity contribution in [1.82, 2.24) is 15.1 Å². The average Bonchev–Trinajstić information content (AvgIpc) is 2.89. The van der Waals surface area contributed by atoms with Gasteiger partial charge < -0.3 is 5.32 Å². The first kappa shape index (κ1) is 17.7. The Kier molecular flexibility index (Phi) is 4.26. The van der Waals surface area contributed by atoms with Crippen LogP contribution in [0.1, 0.15) is 63.9 Å². The van der Waals surface area contributed by atoms with Crippen molar-refractivity contribution in [3.63, 3.8) is 0 Å². The number of nitrogens with one attached hydrogen (secondary N) is 1. The van der Waals surface area contributed by atoms with Gasteiger partial charge in [0.25, 0.3) is 0 Å². The highest BCUT2D eigenvalue weighted by Crippen LogP contribution is 2.41. The summed E-state index contributed by atoms with van der Waals surface area (Å²) in [6.45, 7) is 12.5. The van der Waals surface area contributed by atoms with Crippen LogP contribution in [0.2, 0.25) is 0 Å². The number of para-hydroxylation sites is 1. The molecule has 0 unspecified atom stereocenters. The number of aryl methyl sites for hydroxylation is 1. The Bertz CT molecular complexity index is 796. The summed E-state index contributed by atoms with van der Waals surface area (Å²) in [5.41, 5.74) is 4.40. The topological polar surface area (TPSA) is 46.9 Å². The number of rotatable bonds is 2. The molecule has 0 spiro atoms. The molecule has 0 aliphatic heterocycles. The van der Waals surface area contributed by atoms with E-state index in [1.165, 1.54) is 11.3 Å². The first-order chi connectivity index (χ1) is 11.6. The van der Waals surface area contributed by atoms with Gasteiger partial charge in [0.15, 0.2) is 0 Å². The SMILES string of the molecule is Cc1ccccc1-n1ncc2c1CC(C)(C)C[C@@H]2NC(=O)C(C)(C)C. The Morgan fingerprint density at radius 2 is 1.96 bits per heavy atom.